The van der Waals surface area contributed by atoms with Gasteiger partial charge in [0, 0.05) is 12.6 Å². The smallest absolute Gasteiger partial charge is 0.417 e. The lowest BCUT2D eigenvalue weighted by Crippen LogP contribution is -2.37. The Morgan fingerprint density at radius 3 is 2.74 bits per heavy atom. The number of hydrogen-bond acceptors (Lipinski definition) is 6. The Labute approximate surface area is 171 Å². The largest absolute Gasteiger partial charge is 0.493 e. The molecule has 12 heteroatoms. The lowest BCUT2D eigenvalue weighted by molar-refractivity contribution is -0.137. The number of imidazole rings is 1. The average Bonchev–Trinajstić information content (AvgIpc) is 3.50. The highest BCUT2D eigenvalue weighted by atomic mass is 19.4. The van der Waals surface area contributed by atoms with Gasteiger partial charge in [-0.25, -0.2) is 9.36 Å². The summed E-state index contributed by atoms with van der Waals surface area (Å²) in [6.45, 7) is 0.182. The summed E-state index contributed by atoms with van der Waals surface area (Å²) < 4.78 is 47.0. The van der Waals surface area contributed by atoms with Crippen LogP contribution in [-0.4, -0.2) is 36.7 Å². The molecule has 2 aliphatic heterocycles. The lowest BCUT2D eigenvalue weighted by atomic mass is 10.1. The normalized spacial score (nSPS) is 19.5. The Balaban J connectivity index is 1.61. The second-order valence-electron chi connectivity index (χ2n) is 7.28. The van der Waals surface area contributed by atoms with E-state index in [2.05, 4.69) is 5.16 Å². The van der Waals surface area contributed by atoms with E-state index in [1.807, 2.05) is 0 Å². The van der Waals surface area contributed by atoms with Crippen molar-refractivity contribution in [2.45, 2.75) is 24.7 Å². The third-order valence-electron chi connectivity index (χ3n) is 5.65. The number of benzene rings is 1. The maximum Gasteiger partial charge on any atom is 0.417 e. The van der Waals surface area contributed by atoms with Crippen LogP contribution in [0.1, 0.15) is 45.9 Å². The maximum atomic E-state index is 13.3. The first-order valence-corrected chi connectivity index (χ1v) is 9.12. The number of likely N-dealkylation sites (tertiary alicyclic amines) is 1. The minimum atomic E-state index is -4.82. The van der Waals surface area contributed by atoms with Crippen LogP contribution in [0, 0.1) is 11.3 Å². The molecule has 5 rings (SSSR count). The zero-order valence-corrected chi connectivity index (χ0v) is 15.5. The van der Waals surface area contributed by atoms with Gasteiger partial charge in [-0.05, 0) is 24.6 Å². The maximum absolute atomic E-state index is 13.3. The van der Waals surface area contributed by atoms with E-state index in [1.54, 1.807) is 0 Å². The molecule has 3 aromatic rings. The predicted molar refractivity (Wildman–Crippen MR) is 95.3 cm³/mol. The first-order chi connectivity index (χ1) is 14.7. The van der Waals surface area contributed by atoms with E-state index in [0.717, 1.165) is 16.7 Å². The molecular formula is C19H12F3N5O4. The van der Waals surface area contributed by atoms with Gasteiger partial charge < -0.3 is 14.5 Å². The third kappa shape index (κ3) is 2.59. The molecule has 1 fully saturated rings. The first-order valence-electron chi connectivity index (χ1n) is 9.12. The molecule has 1 amide bonds. The van der Waals surface area contributed by atoms with Crippen molar-refractivity contribution in [1.82, 2.24) is 19.2 Å². The Morgan fingerprint density at radius 2 is 2.10 bits per heavy atom. The third-order valence-corrected chi connectivity index (χ3v) is 5.65. The lowest BCUT2D eigenvalue weighted by Gasteiger charge is -2.26. The van der Waals surface area contributed by atoms with Crippen LogP contribution in [0.25, 0.3) is 5.69 Å². The topological polar surface area (TPSA) is 117 Å². The summed E-state index contributed by atoms with van der Waals surface area (Å²) >= 11 is 0. The van der Waals surface area contributed by atoms with Crippen LogP contribution in [0.5, 0.6) is 5.88 Å². The number of nitrogens with zero attached hydrogens (tertiary/aromatic N) is 5. The van der Waals surface area contributed by atoms with Crippen molar-refractivity contribution in [3.63, 3.8) is 0 Å². The van der Waals surface area contributed by atoms with Crippen molar-refractivity contribution >= 4 is 5.91 Å². The number of aromatic nitrogens is 3. The van der Waals surface area contributed by atoms with E-state index < -0.39 is 46.9 Å². The number of halogens is 3. The molecular weight excluding hydrogens is 419 g/mol. The molecule has 1 aromatic carbocycles. The fraction of sp³-hybridized carbons (Fsp3) is 0.263. The van der Waals surface area contributed by atoms with Crippen LogP contribution in [0.2, 0.25) is 0 Å². The zero-order valence-electron chi connectivity index (χ0n) is 15.5. The summed E-state index contributed by atoms with van der Waals surface area (Å²) in [5.74, 6) is -1.01. The Morgan fingerprint density at radius 1 is 1.32 bits per heavy atom. The van der Waals surface area contributed by atoms with Crippen LogP contribution in [0.3, 0.4) is 0 Å². The molecule has 0 unspecified atom stereocenters. The van der Waals surface area contributed by atoms with Crippen LogP contribution in [0.15, 0.2) is 39.8 Å². The van der Waals surface area contributed by atoms with E-state index >= 15 is 0 Å². The van der Waals surface area contributed by atoms with Crippen molar-refractivity contribution in [2.75, 3.05) is 6.54 Å². The van der Waals surface area contributed by atoms with E-state index in [-0.39, 0.29) is 23.7 Å². The number of hydrogen-bond donors (Lipinski definition) is 1. The van der Waals surface area contributed by atoms with Crippen molar-refractivity contribution < 1.29 is 27.6 Å². The zero-order chi connectivity index (χ0) is 22.1. The van der Waals surface area contributed by atoms with Crippen LogP contribution in [-0.2, 0) is 6.18 Å². The molecule has 0 spiro atoms. The van der Waals surface area contributed by atoms with Gasteiger partial charge in [-0.2, -0.15) is 18.4 Å². The summed E-state index contributed by atoms with van der Waals surface area (Å²) in [5, 5.41) is 23.2. The summed E-state index contributed by atoms with van der Waals surface area (Å²) in [7, 11) is 0. The van der Waals surface area contributed by atoms with E-state index in [4.69, 9.17) is 9.78 Å². The summed E-state index contributed by atoms with van der Waals surface area (Å²) in [5.41, 5.74) is -2.62. The molecule has 0 radical (unpaired) electrons. The monoisotopic (exact) mass is 431 g/mol. The van der Waals surface area contributed by atoms with Crippen molar-refractivity contribution in [1.29, 1.82) is 5.26 Å². The Kier molecular flexibility index (Phi) is 3.82. The van der Waals surface area contributed by atoms with Crippen molar-refractivity contribution in [2.24, 2.45) is 0 Å². The van der Waals surface area contributed by atoms with Crippen LogP contribution < -0.4 is 5.69 Å². The summed E-state index contributed by atoms with van der Waals surface area (Å²) in [4.78, 5) is 27.1. The Hall–Kier alpha value is -4.01. The van der Waals surface area contributed by atoms with Gasteiger partial charge in [0.15, 0.2) is 0 Å². The molecule has 0 aliphatic carbocycles. The number of aromatic hydroxyl groups is 1. The summed E-state index contributed by atoms with van der Waals surface area (Å²) in [6, 6.07) is 4.53. The molecule has 2 atom stereocenters. The van der Waals surface area contributed by atoms with Crippen LogP contribution in [0.4, 0.5) is 13.2 Å². The molecule has 2 aliphatic rings. The minimum Gasteiger partial charge on any atom is -0.493 e. The number of alkyl halides is 3. The van der Waals surface area contributed by atoms with E-state index in [1.165, 1.54) is 27.8 Å². The van der Waals surface area contributed by atoms with Gasteiger partial charge in [0.1, 0.15) is 5.69 Å². The van der Waals surface area contributed by atoms with Gasteiger partial charge in [-0.3, -0.25) is 9.36 Å². The summed E-state index contributed by atoms with van der Waals surface area (Å²) in [6.07, 6.45) is -3.11. The molecule has 2 bridgehead atoms. The van der Waals surface area contributed by atoms with Crippen molar-refractivity contribution in [3.8, 4) is 17.6 Å². The standard InChI is InChI=1S/C19H12F3N5O4/c20-19(21,22)12-5-10(2-1-9(12)7-23)27-17(29)15-13-6-11(26(15)18(27)30)8-25(13)16(28)14-3-4-24-31-14/h1-5,11,13,29H,6,8H2/t11-,13-/m0/s1. The molecule has 9 nitrogen and oxygen atoms in total. The fourth-order valence-corrected chi connectivity index (χ4v) is 4.37. The number of amides is 1. The molecule has 2 aromatic heterocycles. The molecule has 4 heterocycles. The number of rotatable bonds is 2. The highest BCUT2D eigenvalue weighted by molar-refractivity contribution is 5.92. The predicted octanol–water partition coefficient (Wildman–Crippen LogP) is 2.36. The highest BCUT2D eigenvalue weighted by Crippen LogP contribution is 2.49. The number of carbonyl (C=O) groups is 1. The Bertz CT molecular complexity index is 1320. The van der Waals surface area contributed by atoms with Gasteiger partial charge in [0.25, 0.3) is 5.91 Å². The molecule has 158 valence electrons. The van der Waals surface area contributed by atoms with Gasteiger partial charge in [-0.1, -0.05) is 5.16 Å². The fourth-order valence-electron chi connectivity index (χ4n) is 4.37. The number of nitriles is 1. The second-order valence-corrected chi connectivity index (χ2v) is 7.28. The highest BCUT2D eigenvalue weighted by Gasteiger charge is 2.50. The molecule has 0 saturated carbocycles. The van der Waals surface area contributed by atoms with Gasteiger partial charge in [-0.15, -0.1) is 0 Å². The quantitative estimate of drug-likeness (QED) is 0.666. The molecule has 1 N–H and O–H groups in total. The molecule has 31 heavy (non-hydrogen) atoms. The van der Waals surface area contributed by atoms with Crippen LogP contribution >= 0.6 is 0 Å². The van der Waals surface area contributed by atoms with Gasteiger partial charge >= 0.3 is 11.9 Å². The van der Waals surface area contributed by atoms with E-state index in [0.29, 0.717) is 12.5 Å². The SMILES string of the molecule is N#Cc1ccc(-n2c(O)c3n(c2=O)[C@H]2C[C@@H]3N(C(=O)c3ccno3)C2)cc1C(F)(F)F. The second kappa shape index (κ2) is 6.24. The van der Waals surface area contributed by atoms with Gasteiger partial charge in [0.2, 0.25) is 11.6 Å². The number of fused-ring (bicyclic) bond motifs is 5. The number of carbonyl (C=O) groups excluding carboxylic acids is 1. The van der Waals surface area contributed by atoms with Gasteiger partial charge in [0.05, 0.1) is 41.2 Å². The average molecular weight is 431 g/mol. The van der Waals surface area contributed by atoms with E-state index in [9.17, 15) is 27.9 Å². The minimum absolute atomic E-state index is 0.00211. The van der Waals surface area contributed by atoms with Crippen molar-refractivity contribution in [3.05, 3.63) is 63.5 Å². The first kappa shape index (κ1) is 19.0. The molecule has 1 saturated heterocycles.